The second-order valence-electron chi connectivity index (χ2n) is 11.1. The topological polar surface area (TPSA) is 196 Å². The van der Waals surface area contributed by atoms with Crippen molar-refractivity contribution in [3.05, 3.63) is 0 Å². The number of nitrogens with one attached hydrogen (secondary N) is 2. The largest absolute Gasteiger partial charge is 0.463 e. The molecule has 2 fully saturated rings. The molecule has 1 saturated heterocycles. The van der Waals surface area contributed by atoms with E-state index in [9.17, 15) is 24.1 Å². The molecule has 0 spiro atoms. The maximum absolute atomic E-state index is 12.1. The highest BCUT2D eigenvalue weighted by atomic mass is 32.5. The maximum atomic E-state index is 12.1. The number of amides is 1. The van der Waals surface area contributed by atoms with Crippen LogP contribution in [-0.2, 0) is 73.2 Å². The van der Waals surface area contributed by atoms with Gasteiger partial charge in [-0.1, -0.05) is 12.2 Å². The van der Waals surface area contributed by atoms with Gasteiger partial charge < -0.3 is 57.7 Å². The number of ether oxygens (including phenoxy) is 7. The average molecular weight is 731 g/mol. The van der Waals surface area contributed by atoms with Crippen LogP contribution in [0.2, 0.25) is 0 Å². The predicted octanol–water partition coefficient (Wildman–Crippen LogP) is 1.04. The van der Waals surface area contributed by atoms with E-state index in [-0.39, 0.29) is 25.2 Å². The average Bonchev–Trinajstić information content (AvgIpc) is 3.28. The standard InChI is InChI=1S/C28H47N2O14PS2/c1-15(31)29-23-27(42-18(4)34)26(41-17(3)33)21(14-40-16(2)32)43-28(23)39-11-9-8-10-22(46)30-20-12-19(13-36-5)24(25(20)37-6)44-45(35,47)38-7/h19-21,23-28H,8-14H2,1-7H3,(H,29,31)(H,30,46)(H,35,47)/t19-,20-,21-,23-,24?,25-,26+,27-,28-,45?/m1/s1. The number of carbonyl (C=O) groups excluding carboxylic acids is 4. The molecule has 16 nitrogen and oxygen atoms in total. The van der Waals surface area contributed by atoms with Gasteiger partial charge in [0, 0.05) is 61.5 Å². The highest BCUT2D eigenvalue weighted by Crippen LogP contribution is 2.48. The van der Waals surface area contributed by atoms with Gasteiger partial charge in [-0.05, 0) is 37.5 Å². The number of rotatable bonds is 18. The summed E-state index contributed by atoms with van der Waals surface area (Å²) in [4.78, 5) is 58.4. The quantitative estimate of drug-likeness (QED) is 0.0595. The van der Waals surface area contributed by atoms with E-state index in [2.05, 4.69) is 10.6 Å². The number of esters is 3. The lowest BCUT2D eigenvalue weighted by Gasteiger charge is -2.44. The maximum Gasteiger partial charge on any atom is 0.324 e. The summed E-state index contributed by atoms with van der Waals surface area (Å²) in [5, 5.41) is 5.99. The fourth-order valence-corrected chi connectivity index (χ4v) is 6.83. The van der Waals surface area contributed by atoms with E-state index in [0.717, 1.165) is 6.92 Å². The van der Waals surface area contributed by atoms with Gasteiger partial charge in [-0.2, -0.15) is 0 Å². The lowest BCUT2D eigenvalue weighted by Crippen LogP contribution is -2.66. The molecule has 2 rings (SSSR count). The summed E-state index contributed by atoms with van der Waals surface area (Å²) >= 11 is 10.7. The van der Waals surface area contributed by atoms with Crippen molar-refractivity contribution in [2.75, 3.05) is 41.2 Å². The van der Waals surface area contributed by atoms with Crippen molar-refractivity contribution in [3.63, 3.8) is 0 Å². The zero-order valence-corrected chi connectivity index (χ0v) is 30.2. The van der Waals surface area contributed by atoms with Gasteiger partial charge >= 0.3 is 24.6 Å². The first kappa shape index (κ1) is 41.3. The molecule has 0 aromatic carbocycles. The van der Waals surface area contributed by atoms with Crippen molar-refractivity contribution in [1.29, 1.82) is 0 Å². The van der Waals surface area contributed by atoms with Crippen LogP contribution in [0.5, 0.6) is 0 Å². The van der Waals surface area contributed by atoms with E-state index in [1.165, 1.54) is 35.0 Å². The molecule has 47 heavy (non-hydrogen) atoms. The molecule has 1 saturated carbocycles. The van der Waals surface area contributed by atoms with Crippen molar-refractivity contribution in [2.24, 2.45) is 5.92 Å². The van der Waals surface area contributed by atoms with Crippen molar-refractivity contribution in [1.82, 2.24) is 10.6 Å². The van der Waals surface area contributed by atoms with Crippen LogP contribution in [0.25, 0.3) is 0 Å². The van der Waals surface area contributed by atoms with E-state index in [4.69, 9.17) is 66.2 Å². The molecule has 0 aromatic rings. The Hall–Kier alpha value is -1.86. The van der Waals surface area contributed by atoms with Gasteiger partial charge in [0.2, 0.25) is 5.91 Å². The van der Waals surface area contributed by atoms with Crippen LogP contribution in [-0.4, -0.2) is 124 Å². The molecule has 2 unspecified atom stereocenters. The monoisotopic (exact) mass is 730 g/mol. The van der Waals surface area contributed by atoms with Gasteiger partial charge in [-0.15, -0.1) is 0 Å². The highest BCUT2D eigenvalue weighted by molar-refractivity contribution is 8.07. The fourth-order valence-electron chi connectivity index (χ4n) is 5.55. The van der Waals surface area contributed by atoms with E-state index < -0.39 is 73.4 Å². The van der Waals surface area contributed by atoms with Gasteiger partial charge in [0.1, 0.15) is 31.0 Å². The Labute approximate surface area is 285 Å². The first-order valence-electron chi connectivity index (χ1n) is 15.0. The zero-order chi connectivity index (χ0) is 35.3. The summed E-state index contributed by atoms with van der Waals surface area (Å²) in [5.74, 6) is -2.59. The highest BCUT2D eigenvalue weighted by Gasteiger charge is 2.51. The second kappa shape index (κ2) is 20.0. The van der Waals surface area contributed by atoms with Crippen LogP contribution in [0, 0.1) is 5.92 Å². The van der Waals surface area contributed by atoms with Gasteiger partial charge in [-0.3, -0.25) is 19.2 Å². The first-order valence-corrected chi connectivity index (χ1v) is 18.0. The SMILES string of the molecule is COC[C@H]1C[C@@H](NC(=S)CCCCO[C@@H]2O[C@H](COC(C)=O)[C@H](OC(C)=O)[C@H](OC(C)=O)[C@H]2NC(C)=O)[C@@H](OC)C1OP(O)(=S)OC. The molecule has 270 valence electrons. The van der Waals surface area contributed by atoms with Gasteiger partial charge in [-0.25, -0.2) is 0 Å². The van der Waals surface area contributed by atoms with Gasteiger partial charge in [0.25, 0.3) is 0 Å². The van der Waals surface area contributed by atoms with Crippen LogP contribution >= 0.6 is 18.9 Å². The van der Waals surface area contributed by atoms with Crippen LogP contribution in [0.1, 0.15) is 53.4 Å². The van der Waals surface area contributed by atoms with Crippen molar-refractivity contribution in [2.45, 2.75) is 102 Å². The third kappa shape index (κ3) is 13.5. The molecule has 10 atom stereocenters. The number of methoxy groups -OCH3 is 2. The van der Waals surface area contributed by atoms with E-state index >= 15 is 0 Å². The summed E-state index contributed by atoms with van der Waals surface area (Å²) in [6, 6.07) is -1.28. The first-order chi connectivity index (χ1) is 22.1. The van der Waals surface area contributed by atoms with Gasteiger partial charge in [0.15, 0.2) is 18.5 Å². The molecule has 0 radical (unpaired) electrons. The fraction of sp³-hybridized carbons (Fsp3) is 0.821. The molecule has 0 bridgehead atoms. The lowest BCUT2D eigenvalue weighted by molar-refractivity contribution is -0.277. The van der Waals surface area contributed by atoms with Crippen molar-refractivity contribution < 1.29 is 66.3 Å². The number of thiocarbonyl (C=S) groups is 1. The smallest absolute Gasteiger partial charge is 0.324 e. The van der Waals surface area contributed by atoms with Crippen LogP contribution in [0.3, 0.4) is 0 Å². The molecule has 3 N–H and O–H groups in total. The zero-order valence-electron chi connectivity index (χ0n) is 27.7. The third-order valence-corrected chi connectivity index (χ3v) is 9.38. The molecule has 19 heteroatoms. The minimum Gasteiger partial charge on any atom is -0.463 e. The Balaban J connectivity index is 2.04. The Morgan fingerprint density at radius 2 is 1.55 bits per heavy atom. The van der Waals surface area contributed by atoms with Crippen LogP contribution in [0.15, 0.2) is 0 Å². The Kier molecular flexibility index (Phi) is 17.6. The third-order valence-electron chi connectivity index (χ3n) is 7.38. The van der Waals surface area contributed by atoms with E-state index in [1.54, 1.807) is 7.11 Å². The number of carbonyl (C=O) groups is 4. The Morgan fingerprint density at radius 1 is 0.894 bits per heavy atom. The minimum absolute atomic E-state index is 0.128. The molecule has 1 amide bonds. The number of hydrogen-bond acceptors (Lipinski definition) is 15. The molecule has 1 aliphatic heterocycles. The van der Waals surface area contributed by atoms with Crippen molar-refractivity contribution >= 4 is 59.5 Å². The van der Waals surface area contributed by atoms with E-state index in [0.29, 0.717) is 37.3 Å². The molecule has 2 aliphatic rings. The molecule has 1 aliphatic carbocycles. The van der Waals surface area contributed by atoms with E-state index in [1.807, 2.05) is 0 Å². The normalized spacial score (nSPS) is 30.1. The van der Waals surface area contributed by atoms with Crippen LogP contribution in [0.4, 0.5) is 0 Å². The molecule has 1 heterocycles. The summed E-state index contributed by atoms with van der Waals surface area (Å²) in [7, 11) is 4.40. The summed E-state index contributed by atoms with van der Waals surface area (Å²) in [6.45, 7) is 1.54. The summed E-state index contributed by atoms with van der Waals surface area (Å²) < 4.78 is 49.8. The summed E-state index contributed by atoms with van der Waals surface area (Å²) in [6.07, 6.45) is -3.43. The lowest BCUT2D eigenvalue weighted by atomic mass is 9.96. The minimum atomic E-state index is -3.46. The summed E-state index contributed by atoms with van der Waals surface area (Å²) in [5.41, 5.74) is 0. The predicted molar refractivity (Wildman–Crippen MR) is 172 cm³/mol. The molecular weight excluding hydrogens is 683 g/mol. The molecule has 0 aromatic heterocycles. The van der Waals surface area contributed by atoms with Crippen molar-refractivity contribution in [3.8, 4) is 0 Å². The molecular formula is C28H47N2O14PS2. The van der Waals surface area contributed by atoms with Gasteiger partial charge in [0.05, 0.1) is 17.6 Å². The number of unbranched alkanes of at least 4 members (excludes halogenated alkanes) is 1. The Bertz CT molecular complexity index is 1130. The number of hydrogen-bond donors (Lipinski definition) is 3. The second-order valence-corrected chi connectivity index (χ2v) is 14.5. The van der Waals surface area contributed by atoms with Crippen LogP contribution < -0.4 is 10.6 Å². The Morgan fingerprint density at radius 3 is 2.11 bits per heavy atom.